The molecule has 2 unspecified atom stereocenters. The Morgan fingerprint density at radius 1 is 1.19 bits per heavy atom. The average molecular weight is 340 g/mol. The fourth-order valence-corrected chi connectivity index (χ4v) is 4.28. The van der Waals surface area contributed by atoms with Crippen molar-refractivity contribution in [1.82, 2.24) is 15.5 Å². The Morgan fingerprint density at radius 2 is 1.86 bits per heavy atom. The molecule has 0 saturated heterocycles. The molecule has 0 aliphatic rings. The van der Waals surface area contributed by atoms with Crippen LogP contribution >= 0.6 is 34.9 Å². The molecule has 1 aromatic carbocycles. The Morgan fingerprint density at radius 3 is 2.48 bits per heavy atom. The van der Waals surface area contributed by atoms with Crippen molar-refractivity contribution in [3.8, 4) is 0 Å². The lowest BCUT2D eigenvalue weighted by atomic mass is 10.1. The largest absolute Gasteiger partial charge is 0.349 e. The number of carbonyl (C=O) groups excluding carboxylic acids is 1. The summed E-state index contributed by atoms with van der Waals surface area (Å²) in [6.45, 7) is 3.87. The van der Waals surface area contributed by atoms with E-state index in [4.69, 9.17) is 0 Å². The van der Waals surface area contributed by atoms with Gasteiger partial charge in [0.05, 0.1) is 11.3 Å². The molecule has 1 amide bonds. The Labute approximate surface area is 137 Å². The molecule has 2 aromatic rings. The molecule has 0 radical (unpaired) electrons. The van der Waals surface area contributed by atoms with E-state index in [1.807, 2.05) is 50.4 Å². The number of amides is 1. The number of nitrogens with one attached hydrogen (secondary N) is 1. The van der Waals surface area contributed by atoms with E-state index in [1.54, 1.807) is 11.8 Å². The van der Waals surface area contributed by atoms with Gasteiger partial charge in [0.25, 0.3) is 0 Å². The van der Waals surface area contributed by atoms with Crippen LogP contribution in [-0.4, -0.2) is 27.6 Å². The van der Waals surface area contributed by atoms with Crippen molar-refractivity contribution in [2.24, 2.45) is 0 Å². The van der Waals surface area contributed by atoms with Gasteiger partial charge < -0.3 is 5.32 Å². The summed E-state index contributed by atoms with van der Waals surface area (Å²) in [4.78, 5) is 12.2. The Hall–Kier alpha value is -1.05. The molecule has 0 bridgehead atoms. The number of aromatic nitrogens is 2. The van der Waals surface area contributed by atoms with E-state index >= 15 is 0 Å². The van der Waals surface area contributed by atoms with Crippen molar-refractivity contribution in [3.05, 3.63) is 35.9 Å². The number of hydrogen-bond donors (Lipinski definition) is 1. The summed E-state index contributed by atoms with van der Waals surface area (Å²) in [6.07, 6.45) is 1.96. The maximum absolute atomic E-state index is 12.2. The van der Waals surface area contributed by atoms with Gasteiger partial charge in [-0.25, -0.2) is 0 Å². The maximum atomic E-state index is 12.2. The quantitative estimate of drug-likeness (QED) is 0.815. The summed E-state index contributed by atoms with van der Waals surface area (Å²) < 4.78 is 1.75. The number of benzene rings is 1. The van der Waals surface area contributed by atoms with Crippen LogP contribution < -0.4 is 5.32 Å². The zero-order valence-corrected chi connectivity index (χ0v) is 14.5. The highest BCUT2D eigenvalue weighted by molar-refractivity contribution is 8.03. The normalized spacial score (nSPS) is 13.7. The standard InChI is InChI=1S/C14H17N3OS3/c1-9(11-7-5-4-6-8-11)15-12(18)10(2)20-14-17-16-13(19-3)21-14/h4-10H,1-3H3,(H,15,18). The second kappa shape index (κ2) is 7.82. The lowest BCUT2D eigenvalue weighted by molar-refractivity contribution is -0.120. The molecule has 0 fully saturated rings. The highest BCUT2D eigenvalue weighted by Gasteiger charge is 2.19. The summed E-state index contributed by atoms with van der Waals surface area (Å²) in [5.41, 5.74) is 1.10. The summed E-state index contributed by atoms with van der Waals surface area (Å²) >= 11 is 4.53. The van der Waals surface area contributed by atoms with Crippen molar-refractivity contribution in [1.29, 1.82) is 0 Å². The van der Waals surface area contributed by atoms with E-state index in [2.05, 4.69) is 15.5 Å². The number of rotatable bonds is 6. The highest BCUT2D eigenvalue weighted by Crippen LogP contribution is 2.30. The summed E-state index contributed by atoms with van der Waals surface area (Å²) in [7, 11) is 0. The van der Waals surface area contributed by atoms with Crippen LogP contribution in [-0.2, 0) is 4.79 Å². The second-order valence-corrected chi connectivity index (χ2v) is 8.06. The van der Waals surface area contributed by atoms with Crippen molar-refractivity contribution < 1.29 is 4.79 Å². The van der Waals surface area contributed by atoms with E-state index in [0.717, 1.165) is 14.2 Å². The van der Waals surface area contributed by atoms with Gasteiger partial charge >= 0.3 is 0 Å². The van der Waals surface area contributed by atoms with E-state index in [1.165, 1.54) is 23.1 Å². The van der Waals surface area contributed by atoms with Crippen LogP contribution in [0.5, 0.6) is 0 Å². The smallest absolute Gasteiger partial charge is 0.233 e. The molecule has 21 heavy (non-hydrogen) atoms. The topological polar surface area (TPSA) is 54.9 Å². The van der Waals surface area contributed by atoms with Crippen molar-refractivity contribution >= 4 is 40.8 Å². The fourth-order valence-electron chi connectivity index (χ4n) is 1.69. The number of hydrogen-bond acceptors (Lipinski definition) is 6. The number of nitrogens with zero attached hydrogens (tertiary/aromatic N) is 2. The molecule has 2 atom stereocenters. The first-order chi connectivity index (χ1) is 10.1. The summed E-state index contributed by atoms with van der Waals surface area (Å²) in [6, 6.07) is 9.94. The first kappa shape index (κ1) is 16.3. The molecule has 1 heterocycles. The minimum atomic E-state index is -0.196. The maximum Gasteiger partial charge on any atom is 0.233 e. The third-order valence-corrected chi connectivity index (χ3v) is 5.95. The highest BCUT2D eigenvalue weighted by atomic mass is 32.2. The van der Waals surface area contributed by atoms with Crippen molar-refractivity contribution in [2.75, 3.05) is 6.26 Å². The molecule has 1 aromatic heterocycles. The van der Waals surface area contributed by atoms with Gasteiger partial charge in [-0.3, -0.25) is 4.79 Å². The Kier molecular flexibility index (Phi) is 6.08. The molecule has 4 nitrogen and oxygen atoms in total. The predicted octanol–water partition coefficient (Wildman–Crippen LogP) is 3.62. The second-order valence-electron chi connectivity index (χ2n) is 4.44. The Balaban J connectivity index is 1.90. The van der Waals surface area contributed by atoms with Gasteiger partial charge in [0, 0.05) is 0 Å². The first-order valence-corrected chi connectivity index (χ1v) is 9.41. The van der Waals surface area contributed by atoms with Crippen LogP contribution in [0.15, 0.2) is 39.0 Å². The van der Waals surface area contributed by atoms with Gasteiger partial charge in [0.2, 0.25) is 5.91 Å². The minimum Gasteiger partial charge on any atom is -0.349 e. The van der Waals surface area contributed by atoms with Gasteiger partial charge in [0.15, 0.2) is 8.68 Å². The molecule has 112 valence electrons. The van der Waals surface area contributed by atoms with Crippen LogP contribution in [0.3, 0.4) is 0 Å². The van der Waals surface area contributed by atoms with E-state index in [-0.39, 0.29) is 17.2 Å². The van der Waals surface area contributed by atoms with Crippen LogP contribution in [0, 0.1) is 0 Å². The molecular formula is C14H17N3OS3. The number of thioether (sulfide) groups is 2. The van der Waals surface area contributed by atoms with Gasteiger partial charge in [-0.1, -0.05) is 65.2 Å². The SMILES string of the molecule is CSc1nnc(SC(C)C(=O)NC(C)c2ccccc2)s1. The monoisotopic (exact) mass is 339 g/mol. The molecule has 0 saturated carbocycles. The van der Waals surface area contributed by atoms with Gasteiger partial charge in [0.1, 0.15) is 0 Å². The van der Waals surface area contributed by atoms with Crippen LogP contribution in [0.25, 0.3) is 0 Å². The number of carbonyl (C=O) groups is 1. The van der Waals surface area contributed by atoms with Gasteiger partial charge in [-0.15, -0.1) is 10.2 Å². The Bertz CT molecular complexity index is 588. The zero-order chi connectivity index (χ0) is 15.2. The van der Waals surface area contributed by atoms with E-state index < -0.39 is 0 Å². The van der Waals surface area contributed by atoms with Crippen molar-refractivity contribution in [3.63, 3.8) is 0 Å². The lowest BCUT2D eigenvalue weighted by Crippen LogP contribution is -2.33. The lowest BCUT2D eigenvalue weighted by Gasteiger charge is -2.17. The molecule has 1 N–H and O–H groups in total. The van der Waals surface area contributed by atoms with Crippen molar-refractivity contribution in [2.45, 2.75) is 33.8 Å². The van der Waals surface area contributed by atoms with Crippen LogP contribution in [0.2, 0.25) is 0 Å². The van der Waals surface area contributed by atoms with Crippen LogP contribution in [0.4, 0.5) is 0 Å². The molecule has 0 aliphatic heterocycles. The van der Waals surface area contributed by atoms with E-state index in [0.29, 0.717) is 0 Å². The first-order valence-electron chi connectivity index (χ1n) is 6.49. The third-order valence-electron chi connectivity index (χ3n) is 2.87. The molecule has 7 heteroatoms. The summed E-state index contributed by atoms with van der Waals surface area (Å²) in [5.74, 6) is 0.0113. The van der Waals surface area contributed by atoms with Gasteiger partial charge in [-0.05, 0) is 25.7 Å². The van der Waals surface area contributed by atoms with E-state index in [9.17, 15) is 4.79 Å². The predicted molar refractivity (Wildman–Crippen MR) is 90.0 cm³/mol. The van der Waals surface area contributed by atoms with Gasteiger partial charge in [-0.2, -0.15) is 0 Å². The third kappa shape index (κ3) is 4.72. The molecular weight excluding hydrogens is 322 g/mol. The minimum absolute atomic E-state index is 0.00192. The van der Waals surface area contributed by atoms with Crippen LogP contribution in [0.1, 0.15) is 25.5 Å². The molecule has 0 aliphatic carbocycles. The zero-order valence-electron chi connectivity index (χ0n) is 12.1. The average Bonchev–Trinajstić information content (AvgIpc) is 2.95. The summed E-state index contributed by atoms with van der Waals surface area (Å²) in [5, 5.41) is 10.9. The molecule has 2 rings (SSSR count). The molecule has 0 spiro atoms. The fraction of sp³-hybridized carbons (Fsp3) is 0.357.